The van der Waals surface area contributed by atoms with E-state index in [0.717, 1.165) is 61.5 Å². The summed E-state index contributed by atoms with van der Waals surface area (Å²) in [6.07, 6.45) is 5.74. The minimum Gasteiger partial charge on any atom is -0.343 e. The number of likely N-dealkylation sites (tertiary alicyclic amines) is 1. The predicted molar refractivity (Wildman–Crippen MR) is 128 cm³/mol. The molecule has 1 N–H and O–H groups in total. The van der Waals surface area contributed by atoms with Gasteiger partial charge >= 0.3 is 0 Å². The predicted octanol–water partition coefficient (Wildman–Crippen LogP) is 5.98. The number of aromatic nitrogens is 1. The first-order valence-electron chi connectivity index (χ1n) is 11.4. The summed E-state index contributed by atoms with van der Waals surface area (Å²) in [6.45, 7) is 10.1. The Morgan fingerprint density at radius 2 is 1.87 bits per heavy atom. The Hall–Kier alpha value is -2.21. The van der Waals surface area contributed by atoms with Crippen molar-refractivity contribution in [3.05, 3.63) is 45.9 Å². The Bertz CT molecular complexity index is 892. The lowest BCUT2D eigenvalue weighted by molar-refractivity contribution is -0.132. The molecule has 0 spiro atoms. The number of anilines is 1. The third kappa shape index (κ3) is 6.16. The van der Waals surface area contributed by atoms with Crippen LogP contribution in [0, 0.1) is 0 Å². The van der Waals surface area contributed by atoms with Gasteiger partial charge in [-0.3, -0.25) is 9.59 Å². The van der Waals surface area contributed by atoms with Crippen LogP contribution in [0.2, 0.25) is 0 Å². The van der Waals surface area contributed by atoms with Crippen molar-refractivity contribution in [3.8, 4) is 0 Å². The number of hydrogen-bond donors (Lipinski definition) is 1. The van der Waals surface area contributed by atoms with E-state index in [1.54, 1.807) is 11.3 Å². The maximum absolute atomic E-state index is 12.8. The van der Waals surface area contributed by atoms with Crippen LogP contribution in [-0.4, -0.2) is 34.8 Å². The molecule has 2 amide bonds. The number of para-hydroxylation sites is 1. The summed E-state index contributed by atoms with van der Waals surface area (Å²) in [5.41, 5.74) is 2.36. The van der Waals surface area contributed by atoms with Crippen LogP contribution >= 0.6 is 11.3 Å². The lowest BCUT2D eigenvalue weighted by Gasteiger charge is -2.31. The van der Waals surface area contributed by atoms with Crippen LogP contribution in [0.5, 0.6) is 0 Å². The number of rotatable bonds is 7. The summed E-state index contributed by atoms with van der Waals surface area (Å²) in [6, 6.07) is 7.94. The largest absolute Gasteiger partial charge is 0.343 e. The molecule has 6 heteroatoms. The van der Waals surface area contributed by atoms with Gasteiger partial charge in [-0.2, -0.15) is 0 Å². The number of carbonyl (C=O) groups is 2. The maximum Gasteiger partial charge on any atom is 0.275 e. The minimum absolute atomic E-state index is 0.0565. The van der Waals surface area contributed by atoms with Crippen LogP contribution in [0.3, 0.4) is 0 Å². The first-order chi connectivity index (χ1) is 14.8. The Balaban J connectivity index is 1.58. The summed E-state index contributed by atoms with van der Waals surface area (Å²) in [4.78, 5) is 31.8. The maximum atomic E-state index is 12.8. The van der Waals surface area contributed by atoms with Crippen LogP contribution < -0.4 is 5.32 Å². The first-order valence-corrected chi connectivity index (χ1v) is 12.3. The SMILES string of the molecule is CCCCCC(=O)N1CCC(c2nc(C(=O)Nc3ccccc3C(C)(C)C)cs2)CC1. The van der Waals surface area contributed by atoms with Gasteiger partial charge < -0.3 is 10.2 Å². The number of amides is 2. The van der Waals surface area contributed by atoms with Crippen molar-refractivity contribution in [1.29, 1.82) is 0 Å². The van der Waals surface area contributed by atoms with E-state index < -0.39 is 0 Å². The Labute approximate surface area is 190 Å². The minimum atomic E-state index is -0.164. The topological polar surface area (TPSA) is 62.3 Å². The van der Waals surface area contributed by atoms with E-state index in [0.29, 0.717) is 18.0 Å². The van der Waals surface area contributed by atoms with Gasteiger partial charge in [-0.25, -0.2) is 4.98 Å². The molecule has 31 heavy (non-hydrogen) atoms. The van der Waals surface area contributed by atoms with E-state index in [4.69, 9.17) is 0 Å². The third-order valence-corrected chi connectivity index (χ3v) is 6.94. The summed E-state index contributed by atoms with van der Waals surface area (Å²) in [5.74, 6) is 0.444. The van der Waals surface area contributed by atoms with Gasteiger partial charge in [-0.15, -0.1) is 11.3 Å². The molecule has 0 radical (unpaired) electrons. The van der Waals surface area contributed by atoms with Crippen molar-refractivity contribution in [1.82, 2.24) is 9.88 Å². The van der Waals surface area contributed by atoms with Gasteiger partial charge in [0, 0.05) is 36.5 Å². The van der Waals surface area contributed by atoms with Gasteiger partial charge in [0.1, 0.15) is 5.69 Å². The molecule has 0 atom stereocenters. The van der Waals surface area contributed by atoms with Crippen molar-refractivity contribution >= 4 is 28.8 Å². The van der Waals surface area contributed by atoms with Gasteiger partial charge in [0.05, 0.1) is 5.01 Å². The molecule has 1 saturated heterocycles. The number of nitrogens with one attached hydrogen (secondary N) is 1. The number of unbranched alkanes of at least 4 members (excludes halogenated alkanes) is 2. The van der Waals surface area contributed by atoms with Crippen LogP contribution in [0.1, 0.15) is 93.2 Å². The molecule has 168 valence electrons. The Kier molecular flexibility index (Phi) is 7.87. The number of thiazole rings is 1. The second-order valence-electron chi connectivity index (χ2n) is 9.43. The smallest absolute Gasteiger partial charge is 0.275 e. The third-order valence-electron chi connectivity index (χ3n) is 5.93. The molecule has 0 saturated carbocycles. The fourth-order valence-corrected chi connectivity index (χ4v) is 5.04. The fourth-order valence-electron chi connectivity index (χ4n) is 4.07. The van der Waals surface area contributed by atoms with Crippen LogP contribution in [-0.2, 0) is 10.2 Å². The molecule has 2 aromatic rings. The van der Waals surface area contributed by atoms with Crippen molar-refractivity contribution in [3.63, 3.8) is 0 Å². The van der Waals surface area contributed by atoms with Gasteiger partial charge in [-0.05, 0) is 36.3 Å². The quantitative estimate of drug-likeness (QED) is 0.538. The van der Waals surface area contributed by atoms with E-state index in [1.807, 2.05) is 28.5 Å². The Morgan fingerprint density at radius 3 is 2.55 bits per heavy atom. The lowest BCUT2D eigenvalue weighted by Crippen LogP contribution is -2.37. The van der Waals surface area contributed by atoms with E-state index in [2.05, 4.69) is 44.1 Å². The van der Waals surface area contributed by atoms with Gasteiger partial charge in [0.15, 0.2) is 0 Å². The molecule has 1 fully saturated rings. The molecule has 5 nitrogen and oxygen atoms in total. The van der Waals surface area contributed by atoms with Gasteiger partial charge in [0.25, 0.3) is 5.91 Å². The second kappa shape index (κ2) is 10.4. The zero-order valence-electron chi connectivity index (χ0n) is 19.2. The normalized spacial score (nSPS) is 15.2. The molecule has 1 aliphatic rings. The molecule has 2 heterocycles. The van der Waals surface area contributed by atoms with Crippen molar-refractivity contribution < 1.29 is 9.59 Å². The molecule has 1 aliphatic heterocycles. The molecule has 0 unspecified atom stereocenters. The Morgan fingerprint density at radius 1 is 1.16 bits per heavy atom. The average Bonchev–Trinajstić information content (AvgIpc) is 3.24. The molecule has 1 aromatic heterocycles. The highest BCUT2D eigenvalue weighted by atomic mass is 32.1. The summed E-state index contributed by atoms with van der Waals surface area (Å²) < 4.78 is 0. The van der Waals surface area contributed by atoms with Crippen molar-refractivity contribution in [2.75, 3.05) is 18.4 Å². The zero-order chi connectivity index (χ0) is 22.4. The lowest BCUT2D eigenvalue weighted by atomic mass is 9.86. The van der Waals surface area contributed by atoms with Gasteiger partial charge in [0.2, 0.25) is 5.91 Å². The zero-order valence-corrected chi connectivity index (χ0v) is 20.1. The highest BCUT2D eigenvalue weighted by Crippen LogP contribution is 2.32. The summed E-state index contributed by atoms with van der Waals surface area (Å²) in [7, 11) is 0. The van der Waals surface area contributed by atoms with E-state index in [1.165, 1.54) is 0 Å². The first kappa shape index (κ1) is 23.5. The molecule has 0 aliphatic carbocycles. The van der Waals surface area contributed by atoms with E-state index >= 15 is 0 Å². The van der Waals surface area contributed by atoms with Crippen LogP contribution in [0.4, 0.5) is 5.69 Å². The summed E-state index contributed by atoms with van der Waals surface area (Å²) in [5, 5.41) is 5.91. The van der Waals surface area contributed by atoms with Gasteiger partial charge in [-0.1, -0.05) is 58.7 Å². The van der Waals surface area contributed by atoms with E-state index in [9.17, 15) is 9.59 Å². The molecule has 0 bridgehead atoms. The fraction of sp³-hybridized carbons (Fsp3) is 0.560. The highest BCUT2D eigenvalue weighted by molar-refractivity contribution is 7.10. The summed E-state index contributed by atoms with van der Waals surface area (Å²) >= 11 is 1.56. The number of piperidine rings is 1. The average molecular weight is 442 g/mol. The monoisotopic (exact) mass is 441 g/mol. The van der Waals surface area contributed by atoms with E-state index in [-0.39, 0.29) is 17.2 Å². The van der Waals surface area contributed by atoms with Crippen LogP contribution in [0.15, 0.2) is 29.6 Å². The number of carbonyl (C=O) groups excluding carboxylic acids is 2. The van der Waals surface area contributed by atoms with Crippen molar-refractivity contribution in [2.24, 2.45) is 0 Å². The number of hydrogen-bond acceptors (Lipinski definition) is 4. The number of nitrogens with zero attached hydrogens (tertiary/aromatic N) is 2. The van der Waals surface area contributed by atoms with Crippen LogP contribution in [0.25, 0.3) is 0 Å². The number of benzene rings is 1. The second-order valence-corrected chi connectivity index (χ2v) is 10.3. The molecular weight excluding hydrogens is 406 g/mol. The molecular formula is C25H35N3O2S. The molecule has 3 rings (SSSR count). The highest BCUT2D eigenvalue weighted by Gasteiger charge is 2.26. The molecule has 1 aromatic carbocycles. The standard InChI is InChI=1S/C25H35N3O2S/c1-5-6-7-12-22(29)28-15-13-18(14-16-28)24-27-21(17-31-24)23(30)26-20-11-9-8-10-19(20)25(2,3)4/h8-11,17-18H,5-7,12-16H2,1-4H3,(H,26,30). The van der Waals surface area contributed by atoms with Crippen molar-refractivity contribution in [2.45, 2.75) is 77.6 Å².